The molecule has 116 valence electrons. The lowest BCUT2D eigenvalue weighted by atomic mass is 9.96. The van der Waals surface area contributed by atoms with Crippen molar-refractivity contribution in [2.45, 2.75) is 33.7 Å². The van der Waals surface area contributed by atoms with Crippen LogP contribution in [-0.4, -0.2) is 5.91 Å². The molecule has 2 aromatic rings. The highest BCUT2D eigenvalue weighted by Gasteiger charge is 2.17. The highest BCUT2D eigenvalue weighted by Crippen LogP contribution is 2.22. The van der Waals surface area contributed by atoms with E-state index in [0.717, 1.165) is 34.9 Å². The Morgan fingerprint density at radius 3 is 2.32 bits per heavy atom. The molecule has 2 rings (SSSR count). The minimum Gasteiger partial charge on any atom is -0.345 e. The Labute approximate surface area is 129 Å². The number of hydrogen-bond acceptors (Lipinski definition) is 1. The lowest BCUT2D eigenvalue weighted by molar-refractivity contribution is 0.0935. The molecular formula is C18H19F2NO. The Balaban J connectivity index is 2.25. The average molecular weight is 303 g/mol. The van der Waals surface area contributed by atoms with Crippen molar-refractivity contribution in [3.8, 4) is 0 Å². The fraction of sp³-hybridized carbons (Fsp3) is 0.278. The van der Waals surface area contributed by atoms with E-state index in [-0.39, 0.29) is 11.6 Å². The summed E-state index contributed by atoms with van der Waals surface area (Å²) in [5.41, 5.74) is 4.03. The van der Waals surface area contributed by atoms with Crippen LogP contribution in [-0.2, 0) is 0 Å². The van der Waals surface area contributed by atoms with Crippen LogP contribution in [0.1, 0.15) is 45.6 Å². The molecule has 4 heteroatoms. The number of aryl methyl sites for hydroxylation is 3. The standard InChI is InChI=1S/C18H19F2NO/c1-10-7-12(3)15(8-11(10)2)13(4)21-18(22)16-9-14(19)5-6-17(16)20/h5-9,13H,1-4H3,(H,21,22)/t13-/m1/s1. The van der Waals surface area contributed by atoms with Crippen LogP contribution >= 0.6 is 0 Å². The molecule has 0 saturated carbocycles. The van der Waals surface area contributed by atoms with Crippen LogP contribution in [0.15, 0.2) is 30.3 Å². The van der Waals surface area contributed by atoms with E-state index in [2.05, 4.69) is 11.4 Å². The first-order valence-corrected chi connectivity index (χ1v) is 7.13. The first-order chi connectivity index (χ1) is 10.3. The summed E-state index contributed by atoms with van der Waals surface area (Å²) in [6.07, 6.45) is 0. The van der Waals surface area contributed by atoms with Crippen molar-refractivity contribution >= 4 is 5.91 Å². The van der Waals surface area contributed by atoms with Crippen LogP contribution in [0.2, 0.25) is 0 Å². The van der Waals surface area contributed by atoms with Crippen LogP contribution in [0, 0.1) is 32.4 Å². The number of benzene rings is 2. The van der Waals surface area contributed by atoms with Crippen molar-refractivity contribution < 1.29 is 13.6 Å². The normalized spacial score (nSPS) is 12.1. The molecule has 1 atom stereocenters. The molecule has 0 aromatic heterocycles. The van der Waals surface area contributed by atoms with E-state index in [4.69, 9.17) is 0 Å². The van der Waals surface area contributed by atoms with Crippen molar-refractivity contribution in [1.29, 1.82) is 0 Å². The lowest BCUT2D eigenvalue weighted by Gasteiger charge is -2.18. The van der Waals surface area contributed by atoms with E-state index in [1.807, 2.05) is 33.8 Å². The zero-order valence-corrected chi connectivity index (χ0v) is 13.1. The monoisotopic (exact) mass is 303 g/mol. The van der Waals surface area contributed by atoms with Gasteiger partial charge >= 0.3 is 0 Å². The van der Waals surface area contributed by atoms with Gasteiger partial charge < -0.3 is 5.32 Å². The van der Waals surface area contributed by atoms with Gasteiger partial charge in [-0.1, -0.05) is 12.1 Å². The summed E-state index contributed by atoms with van der Waals surface area (Å²) in [7, 11) is 0. The van der Waals surface area contributed by atoms with Gasteiger partial charge in [-0.3, -0.25) is 4.79 Å². The van der Waals surface area contributed by atoms with Crippen LogP contribution in [0.3, 0.4) is 0 Å². The topological polar surface area (TPSA) is 29.1 Å². The second kappa shape index (κ2) is 6.26. The maximum atomic E-state index is 13.6. The van der Waals surface area contributed by atoms with E-state index >= 15 is 0 Å². The minimum atomic E-state index is -0.733. The highest BCUT2D eigenvalue weighted by molar-refractivity contribution is 5.94. The van der Waals surface area contributed by atoms with Gasteiger partial charge in [0, 0.05) is 0 Å². The van der Waals surface area contributed by atoms with E-state index in [1.165, 1.54) is 5.56 Å². The number of carbonyl (C=O) groups excluding carboxylic acids is 1. The van der Waals surface area contributed by atoms with Crippen LogP contribution in [0.4, 0.5) is 8.78 Å². The molecule has 0 aliphatic rings. The summed E-state index contributed by atoms with van der Waals surface area (Å²) >= 11 is 0. The SMILES string of the molecule is Cc1cc(C)c([C@@H](C)NC(=O)c2cc(F)ccc2F)cc1C. The van der Waals surface area contributed by atoms with Gasteiger partial charge in [-0.05, 0) is 68.1 Å². The fourth-order valence-corrected chi connectivity index (χ4v) is 2.47. The molecule has 0 aliphatic heterocycles. The van der Waals surface area contributed by atoms with Gasteiger partial charge in [-0.15, -0.1) is 0 Å². The second-order valence-corrected chi connectivity index (χ2v) is 5.61. The minimum absolute atomic E-state index is 0.284. The Morgan fingerprint density at radius 1 is 1.00 bits per heavy atom. The third kappa shape index (κ3) is 3.32. The van der Waals surface area contributed by atoms with Gasteiger partial charge in [0.1, 0.15) is 11.6 Å². The number of rotatable bonds is 3. The van der Waals surface area contributed by atoms with Gasteiger partial charge in [-0.2, -0.15) is 0 Å². The molecule has 0 aliphatic carbocycles. The molecule has 0 fully saturated rings. The number of nitrogens with one attached hydrogen (secondary N) is 1. The quantitative estimate of drug-likeness (QED) is 0.895. The first-order valence-electron chi connectivity index (χ1n) is 7.13. The van der Waals surface area contributed by atoms with E-state index in [0.29, 0.717) is 0 Å². The summed E-state index contributed by atoms with van der Waals surface area (Å²) in [6.45, 7) is 7.82. The van der Waals surface area contributed by atoms with Gasteiger partial charge in [0.15, 0.2) is 0 Å². The van der Waals surface area contributed by atoms with Gasteiger partial charge in [0.25, 0.3) is 5.91 Å². The molecule has 0 bridgehead atoms. The molecule has 2 aromatic carbocycles. The third-order valence-corrected chi connectivity index (χ3v) is 3.87. The number of carbonyl (C=O) groups is 1. The lowest BCUT2D eigenvalue weighted by Crippen LogP contribution is -2.28. The summed E-state index contributed by atoms with van der Waals surface area (Å²) in [6, 6.07) is 6.62. The van der Waals surface area contributed by atoms with E-state index in [1.54, 1.807) is 0 Å². The zero-order valence-electron chi connectivity index (χ0n) is 13.1. The fourth-order valence-electron chi connectivity index (χ4n) is 2.47. The van der Waals surface area contributed by atoms with E-state index < -0.39 is 17.5 Å². The predicted octanol–water partition coefficient (Wildman–Crippen LogP) is 4.38. The summed E-state index contributed by atoms with van der Waals surface area (Å²) in [5, 5.41) is 2.72. The maximum absolute atomic E-state index is 13.6. The van der Waals surface area contributed by atoms with Crippen molar-refractivity contribution in [3.05, 3.63) is 69.8 Å². The molecule has 1 amide bonds. The largest absolute Gasteiger partial charge is 0.345 e. The summed E-state index contributed by atoms with van der Waals surface area (Å²) < 4.78 is 26.8. The molecular weight excluding hydrogens is 284 g/mol. The molecule has 0 saturated heterocycles. The van der Waals surface area contributed by atoms with Crippen molar-refractivity contribution in [3.63, 3.8) is 0 Å². The van der Waals surface area contributed by atoms with Crippen LogP contribution < -0.4 is 5.32 Å². The molecule has 1 N–H and O–H groups in total. The Bertz CT molecular complexity index is 725. The molecule has 0 unspecified atom stereocenters. The number of hydrogen-bond donors (Lipinski definition) is 1. The Morgan fingerprint density at radius 2 is 1.64 bits per heavy atom. The molecule has 0 heterocycles. The molecule has 2 nitrogen and oxygen atoms in total. The second-order valence-electron chi connectivity index (χ2n) is 5.61. The van der Waals surface area contributed by atoms with E-state index in [9.17, 15) is 13.6 Å². The van der Waals surface area contributed by atoms with Crippen molar-refractivity contribution in [1.82, 2.24) is 5.32 Å². The molecule has 22 heavy (non-hydrogen) atoms. The van der Waals surface area contributed by atoms with Gasteiger partial charge in [0.05, 0.1) is 11.6 Å². The highest BCUT2D eigenvalue weighted by atomic mass is 19.1. The predicted molar refractivity (Wildman–Crippen MR) is 82.9 cm³/mol. The van der Waals surface area contributed by atoms with Gasteiger partial charge in [-0.25, -0.2) is 8.78 Å². The number of halogens is 2. The van der Waals surface area contributed by atoms with Crippen LogP contribution in [0.5, 0.6) is 0 Å². The summed E-state index contributed by atoms with van der Waals surface area (Å²) in [4.78, 5) is 12.1. The smallest absolute Gasteiger partial charge is 0.254 e. The third-order valence-electron chi connectivity index (χ3n) is 3.87. The van der Waals surface area contributed by atoms with Gasteiger partial charge in [0.2, 0.25) is 0 Å². The molecule has 0 radical (unpaired) electrons. The van der Waals surface area contributed by atoms with Crippen molar-refractivity contribution in [2.75, 3.05) is 0 Å². The van der Waals surface area contributed by atoms with Crippen molar-refractivity contribution in [2.24, 2.45) is 0 Å². The Kier molecular flexibility index (Phi) is 4.59. The zero-order chi connectivity index (χ0) is 16.4. The number of amides is 1. The van der Waals surface area contributed by atoms with Crippen LogP contribution in [0.25, 0.3) is 0 Å². The summed E-state index contributed by atoms with van der Waals surface area (Å²) in [5.74, 6) is -1.99. The average Bonchev–Trinajstić information content (AvgIpc) is 2.45. The maximum Gasteiger partial charge on any atom is 0.254 e. The molecule has 0 spiro atoms. The Hall–Kier alpha value is -2.23. The first kappa shape index (κ1) is 16.1.